The summed E-state index contributed by atoms with van der Waals surface area (Å²) in [7, 11) is 0. The number of hydrogen-bond acceptors (Lipinski definition) is 6. The highest BCUT2D eigenvalue weighted by atomic mass is 19.4. The molecule has 0 spiro atoms. The Balaban J connectivity index is -0.000000145. The van der Waals surface area contributed by atoms with E-state index in [0.29, 0.717) is 47.8 Å². The molecule has 4 aliphatic rings. The summed E-state index contributed by atoms with van der Waals surface area (Å²) in [5, 5.41) is 17.3. The highest BCUT2D eigenvalue weighted by Gasteiger charge is 2.65. The van der Waals surface area contributed by atoms with Crippen molar-refractivity contribution >= 4 is 0 Å². The van der Waals surface area contributed by atoms with Crippen molar-refractivity contribution in [2.75, 3.05) is 26.4 Å². The van der Waals surface area contributed by atoms with Crippen molar-refractivity contribution in [2.24, 2.45) is 21.7 Å². The molecule has 0 radical (unpaired) electrons. The number of halogens is 12. The number of para-hydroxylation sites is 4. The number of aromatic hydroxyl groups is 2. The number of phenols is 2. The molecular formula is C108H176F12O6. The maximum Gasteiger partial charge on any atom is 0.402 e. The maximum atomic E-state index is 11.6. The first-order chi connectivity index (χ1) is 58.8. The third kappa shape index (κ3) is 66.4. The number of rotatable bonds is 6. The monoisotopic (exact) mass is 1800 g/mol. The van der Waals surface area contributed by atoms with E-state index in [1.165, 1.54) is 70.2 Å². The lowest BCUT2D eigenvalue weighted by atomic mass is 9.82. The fraction of sp³-hybridized carbons (Fsp3) is 0.556. The normalized spacial score (nSPS) is 13.0. The first kappa shape index (κ1) is 139. The van der Waals surface area contributed by atoms with Crippen molar-refractivity contribution in [3.8, 4) is 45.3 Å². The molecule has 2 N–H and O–H groups in total. The van der Waals surface area contributed by atoms with Crippen LogP contribution in [0.25, 0.3) is 22.3 Å². The Morgan fingerprint density at radius 3 is 0.524 bits per heavy atom. The Morgan fingerprint density at radius 1 is 0.270 bits per heavy atom. The van der Waals surface area contributed by atoms with Crippen molar-refractivity contribution in [3.05, 3.63) is 241 Å². The van der Waals surface area contributed by atoms with Crippen LogP contribution >= 0.6 is 0 Å². The number of ether oxygens (including phenoxy) is 4. The lowest BCUT2D eigenvalue weighted by Gasteiger charge is -2.29. The number of benzene rings is 8. The van der Waals surface area contributed by atoms with Gasteiger partial charge in [0.25, 0.3) is 0 Å². The Kier molecular flexibility index (Phi) is 85.9. The second-order valence-electron chi connectivity index (χ2n) is 31.3. The molecule has 8 aromatic rings. The molecule has 6 nitrogen and oxygen atoms in total. The second kappa shape index (κ2) is 78.1. The van der Waals surface area contributed by atoms with Gasteiger partial charge in [-0.1, -0.05) is 445 Å². The molecule has 2 fully saturated rings. The number of hydrogen-bond donors (Lipinski definition) is 2. The first-order valence-electron chi connectivity index (χ1n) is 45.5. The van der Waals surface area contributed by atoms with E-state index in [2.05, 4.69) is 236 Å². The molecule has 0 amide bonds. The van der Waals surface area contributed by atoms with Gasteiger partial charge >= 0.3 is 24.7 Å². The third-order valence-corrected chi connectivity index (χ3v) is 14.5. The summed E-state index contributed by atoms with van der Waals surface area (Å²) in [5.41, 5.74) is 5.47. The van der Waals surface area contributed by atoms with E-state index >= 15 is 0 Å². The summed E-state index contributed by atoms with van der Waals surface area (Å²) in [4.78, 5) is 0. The van der Waals surface area contributed by atoms with Gasteiger partial charge in [-0.15, -0.1) is 0 Å². The van der Waals surface area contributed by atoms with Crippen LogP contribution in [0.4, 0.5) is 52.7 Å². The molecule has 728 valence electrons. The standard InChI is InChI=1S/2C15H14.2C9H10O2.2C6H6O.2C5H6F6.2C5H12.4C3H8.8C2H6/c2*1-15(2)13-9-5-3-7-11(13)12-8-4-6-10-14(12)15;2*1-2-4-8(5-3-1)10-6-9-7-11-9;2*7-6-4-2-1-3-5-6;2*1-3(2,4(6,7)8)5(9,10)11;2*1-5(2,3)4;4*1-3-2;8*1-2/h2*3-10H,1-2H3;2*1-5,9H,6-7H2;2*1-5,7H;2*1-2H3;2*1-4H3;4*3H2,1-2H3;8*1-2H3. The van der Waals surface area contributed by atoms with Gasteiger partial charge in [-0.25, -0.2) is 0 Å². The summed E-state index contributed by atoms with van der Waals surface area (Å²) in [6.45, 7) is 79.2. The minimum atomic E-state index is -5.24. The molecule has 2 atom stereocenters. The number of phenolic OH excluding ortho intramolecular Hbond substituents is 2. The van der Waals surface area contributed by atoms with E-state index in [0.717, 1.165) is 24.7 Å². The van der Waals surface area contributed by atoms with Crippen molar-refractivity contribution in [3.63, 3.8) is 0 Å². The molecular weight excluding hydrogens is 1620 g/mol. The summed E-state index contributed by atoms with van der Waals surface area (Å²) in [5.74, 6) is 2.48. The minimum absolute atomic E-state index is 0.104. The Labute approximate surface area is 762 Å². The molecule has 18 heteroatoms. The lowest BCUT2D eigenvalue weighted by molar-refractivity contribution is -0.328. The number of fused-ring (bicyclic) bond motifs is 6. The van der Waals surface area contributed by atoms with Crippen LogP contribution in [-0.2, 0) is 20.3 Å². The maximum absolute atomic E-state index is 11.6. The predicted molar refractivity (Wildman–Crippen MR) is 524 cm³/mol. The summed E-state index contributed by atoms with van der Waals surface area (Å²) in [6.07, 6.45) is -15.3. The largest absolute Gasteiger partial charge is 0.508 e. The van der Waals surface area contributed by atoms with E-state index in [1.54, 1.807) is 48.5 Å². The van der Waals surface area contributed by atoms with Gasteiger partial charge in [-0.3, -0.25) is 0 Å². The van der Waals surface area contributed by atoms with Gasteiger partial charge in [0.05, 0.1) is 13.2 Å². The molecule has 0 aromatic heterocycles. The van der Waals surface area contributed by atoms with Gasteiger partial charge < -0.3 is 29.2 Å². The predicted octanol–water partition coefficient (Wildman–Crippen LogP) is 38.0. The Hall–Kier alpha value is -7.96. The lowest BCUT2D eigenvalue weighted by Crippen LogP contribution is -2.44. The molecule has 12 rings (SSSR count). The van der Waals surface area contributed by atoms with Crippen molar-refractivity contribution in [1.82, 2.24) is 0 Å². The minimum Gasteiger partial charge on any atom is -0.508 e. The quantitative estimate of drug-likeness (QED) is 0.127. The summed E-state index contributed by atoms with van der Waals surface area (Å²) >= 11 is 0. The fourth-order valence-electron chi connectivity index (χ4n) is 8.26. The molecule has 2 unspecified atom stereocenters. The third-order valence-electron chi connectivity index (χ3n) is 14.5. The van der Waals surface area contributed by atoms with Crippen LogP contribution in [0.15, 0.2) is 218 Å². The second-order valence-corrected chi connectivity index (χ2v) is 31.3. The van der Waals surface area contributed by atoms with E-state index in [1.807, 2.05) is 184 Å². The Morgan fingerprint density at radius 2 is 0.405 bits per heavy atom. The van der Waals surface area contributed by atoms with Gasteiger partial charge in [-0.05, 0) is 132 Å². The highest BCUT2D eigenvalue weighted by Crippen LogP contribution is 2.52. The molecule has 0 saturated carbocycles. The summed E-state index contributed by atoms with van der Waals surface area (Å²) < 4.78 is 160. The zero-order valence-corrected chi connectivity index (χ0v) is 85.7. The topological polar surface area (TPSA) is 84.0 Å². The number of alkyl halides is 12. The van der Waals surface area contributed by atoms with Gasteiger partial charge in [0.15, 0.2) is 10.8 Å². The average molecular weight is 1800 g/mol. The van der Waals surface area contributed by atoms with Crippen LogP contribution in [0.5, 0.6) is 23.0 Å². The van der Waals surface area contributed by atoms with Gasteiger partial charge in [0, 0.05) is 10.8 Å². The van der Waals surface area contributed by atoms with Gasteiger partial charge in [-0.2, -0.15) is 52.7 Å². The molecule has 2 aliphatic carbocycles. The van der Waals surface area contributed by atoms with Crippen LogP contribution in [0.1, 0.15) is 325 Å². The SMILES string of the molecule is CC.CC.CC.CC.CC.CC.CC.CC.CC(C)(C(F)(F)F)C(F)(F)F.CC(C)(C(F)(F)F)C(F)(F)F.CC(C)(C)C.CC(C)(C)C.CC1(C)c2ccccc2-c2ccccc21.CC1(C)c2ccccc2-c2ccccc21.CCC.CCC.CCC.CCC.Oc1ccccc1.Oc1ccccc1.c1ccc(OCC2CO2)cc1.c1ccc(OCC2CO2)cc1. The molecule has 2 heterocycles. The zero-order chi connectivity index (χ0) is 101. The van der Waals surface area contributed by atoms with Crippen molar-refractivity contribution in [2.45, 2.75) is 350 Å². The molecule has 0 bridgehead atoms. The van der Waals surface area contributed by atoms with E-state index in [-0.39, 0.29) is 38.5 Å². The smallest absolute Gasteiger partial charge is 0.402 e. The van der Waals surface area contributed by atoms with Gasteiger partial charge in [0.2, 0.25) is 0 Å². The van der Waals surface area contributed by atoms with Crippen molar-refractivity contribution < 1.29 is 81.8 Å². The summed E-state index contributed by atoms with van der Waals surface area (Å²) in [6, 6.07) is 71.9. The Bertz CT molecular complexity index is 3240. The van der Waals surface area contributed by atoms with Crippen molar-refractivity contribution in [1.29, 1.82) is 0 Å². The van der Waals surface area contributed by atoms with E-state index < -0.39 is 35.5 Å². The molecule has 2 saturated heterocycles. The number of epoxide rings is 2. The van der Waals surface area contributed by atoms with Crippen LogP contribution < -0.4 is 9.47 Å². The van der Waals surface area contributed by atoms with Crippen LogP contribution in [0.2, 0.25) is 0 Å². The van der Waals surface area contributed by atoms with Gasteiger partial charge in [0.1, 0.15) is 48.4 Å². The molecule has 126 heavy (non-hydrogen) atoms. The highest BCUT2D eigenvalue weighted by molar-refractivity contribution is 5.81. The average Bonchev–Trinajstić information content (AvgIpc) is 1.59. The molecule has 8 aromatic carbocycles. The van der Waals surface area contributed by atoms with E-state index in [9.17, 15) is 52.7 Å². The molecule has 2 aliphatic heterocycles. The van der Waals surface area contributed by atoms with Crippen LogP contribution in [-0.4, -0.2) is 73.6 Å². The first-order valence-corrected chi connectivity index (χ1v) is 45.5. The fourth-order valence-corrected chi connectivity index (χ4v) is 8.26. The van der Waals surface area contributed by atoms with Crippen LogP contribution in [0.3, 0.4) is 0 Å². The zero-order valence-electron chi connectivity index (χ0n) is 85.7. The van der Waals surface area contributed by atoms with Crippen LogP contribution in [0, 0.1) is 21.7 Å². The van der Waals surface area contributed by atoms with E-state index in [4.69, 9.17) is 29.2 Å².